The van der Waals surface area contributed by atoms with E-state index in [2.05, 4.69) is 20.9 Å². The normalized spacial score (nSPS) is 21.8. The minimum Gasteiger partial charge on any atom is -0.381 e. The summed E-state index contributed by atoms with van der Waals surface area (Å²) in [5.74, 6) is 1.74. The number of amides is 1. The van der Waals surface area contributed by atoms with E-state index in [4.69, 9.17) is 21.3 Å². The minimum atomic E-state index is -0.0332. The van der Waals surface area contributed by atoms with E-state index in [-0.39, 0.29) is 11.8 Å². The van der Waals surface area contributed by atoms with E-state index in [9.17, 15) is 4.79 Å². The predicted molar refractivity (Wildman–Crippen MR) is 119 cm³/mol. The van der Waals surface area contributed by atoms with Crippen LogP contribution in [0.4, 0.5) is 11.6 Å². The summed E-state index contributed by atoms with van der Waals surface area (Å²) >= 11 is 6.40. The third-order valence-corrected chi connectivity index (χ3v) is 5.93. The SMILES string of the molecule is O=C(Nc1cc(-c2cccc(NC[C@@H]3CCCOC3)n2)c(Cl)cn1)[C@@H]1CCCNC1. The van der Waals surface area contributed by atoms with Crippen molar-refractivity contribution in [2.75, 3.05) is 43.5 Å². The zero-order chi connectivity index (χ0) is 20.8. The molecule has 0 aliphatic carbocycles. The second kappa shape index (κ2) is 10.2. The van der Waals surface area contributed by atoms with Crippen molar-refractivity contribution in [3.63, 3.8) is 0 Å². The molecule has 2 saturated heterocycles. The van der Waals surface area contributed by atoms with Crippen LogP contribution in [0.5, 0.6) is 0 Å². The van der Waals surface area contributed by atoms with Gasteiger partial charge in [0.25, 0.3) is 0 Å². The first-order chi connectivity index (χ1) is 14.7. The zero-order valence-electron chi connectivity index (χ0n) is 17.0. The highest BCUT2D eigenvalue weighted by atomic mass is 35.5. The van der Waals surface area contributed by atoms with Crippen molar-refractivity contribution < 1.29 is 9.53 Å². The molecule has 30 heavy (non-hydrogen) atoms. The lowest BCUT2D eigenvalue weighted by Crippen LogP contribution is -2.37. The standard InChI is InChI=1S/C22H28ClN5O2/c23-18-13-26-21(28-22(29)16-5-2-8-24-12-16)10-17(18)19-6-1-7-20(27-19)25-11-15-4-3-9-30-14-15/h1,6-7,10,13,15-16,24H,2-5,8-9,11-12,14H2,(H,25,27)(H,26,28,29)/t15-,16+/m0/s1. The number of ether oxygens (including phenoxy) is 1. The van der Waals surface area contributed by atoms with Gasteiger partial charge < -0.3 is 20.7 Å². The molecule has 7 nitrogen and oxygen atoms in total. The van der Waals surface area contributed by atoms with Gasteiger partial charge in [0, 0.05) is 31.5 Å². The molecule has 0 radical (unpaired) electrons. The van der Waals surface area contributed by atoms with Gasteiger partial charge in [0.15, 0.2) is 0 Å². The lowest BCUT2D eigenvalue weighted by atomic mass is 9.99. The molecule has 8 heteroatoms. The van der Waals surface area contributed by atoms with Gasteiger partial charge in [-0.25, -0.2) is 9.97 Å². The first-order valence-corrected chi connectivity index (χ1v) is 11.0. The maximum absolute atomic E-state index is 12.5. The summed E-state index contributed by atoms with van der Waals surface area (Å²) in [4.78, 5) is 21.5. The molecule has 0 spiro atoms. The Morgan fingerprint density at radius 1 is 1.27 bits per heavy atom. The third-order valence-electron chi connectivity index (χ3n) is 5.63. The van der Waals surface area contributed by atoms with Crippen LogP contribution >= 0.6 is 11.6 Å². The highest BCUT2D eigenvalue weighted by Gasteiger charge is 2.21. The number of halogens is 1. The molecular formula is C22H28ClN5O2. The maximum Gasteiger partial charge on any atom is 0.229 e. The van der Waals surface area contributed by atoms with Crippen LogP contribution in [0.3, 0.4) is 0 Å². The van der Waals surface area contributed by atoms with E-state index in [0.717, 1.165) is 62.6 Å². The van der Waals surface area contributed by atoms with Crippen LogP contribution in [-0.4, -0.2) is 48.7 Å². The Kier molecular flexibility index (Phi) is 7.15. The molecule has 4 heterocycles. The van der Waals surface area contributed by atoms with Crippen molar-refractivity contribution >= 4 is 29.1 Å². The molecule has 2 aromatic heterocycles. The second-order valence-corrected chi connectivity index (χ2v) is 8.36. The van der Waals surface area contributed by atoms with E-state index in [0.29, 0.717) is 23.3 Å². The van der Waals surface area contributed by atoms with Crippen LogP contribution in [0.1, 0.15) is 25.7 Å². The Morgan fingerprint density at radius 3 is 3.00 bits per heavy atom. The van der Waals surface area contributed by atoms with Crippen molar-refractivity contribution in [1.29, 1.82) is 0 Å². The number of anilines is 2. The summed E-state index contributed by atoms with van der Waals surface area (Å²) in [5.41, 5.74) is 1.48. The van der Waals surface area contributed by atoms with Crippen molar-refractivity contribution in [3.8, 4) is 11.3 Å². The number of pyridine rings is 2. The Hall–Kier alpha value is -2.22. The Bertz CT molecular complexity index is 866. The molecule has 2 atom stereocenters. The summed E-state index contributed by atoms with van der Waals surface area (Å²) in [6.45, 7) is 4.16. The molecule has 0 aromatic carbocycles. The van der Waals surface area contributed by atoms with Crippen LogP contribution < -0.4 is 16.0 Å². The first kappa shape index (κ1) is 21.0. The fraction of sp³-hybridized carbons (Fsp3) is 0.500. The fourth-order valence-electron chi connectivity index (χ4n) is 3.91. The summed E-state index contributed by atoms with van der Waals surface area (Å²) in [6, 6.07) is 7.59. The number of aromatic nitrogens is 2. The van der Waals surface area contributed by atoms with Crippen LogP contribution in [0.15, 0.2) is 30.5 Å². The number of carbonyl (C=O) groups excluding carboxylic acids is 1. The zero-order valence-corrected chi connectivity index (χ0v) is 17.8. The number of carbonyl (C=O) groups is 1. The van der Waals surface area contributed by atoms with Crippen LogP contribution in [0.2, 0.25) is 5.02 Å². The molecule has 3 N–H and O–H groups in total. The maximum atomic E-state index is 12.5. The molecule has 160 valence electrons. The van der Waals surface area contributed by atoms with E-state index in [1.165, 1.54) is 6.42 Å². The molecule has 1 amide bonds. The number of hydrogen-bond donors (Lipinski definition) is 3. The Morgan fingerprint density at radius 2 is 2.20 bits per heavy atom. The topological polar surface area (TPSA) is 88.2 Å². The summed E-state index contributed by atoms with van der Waals surface area (Å²) < 4.78 is 5.54. The first-order valence-electron chi connectivity index (χ1n) is 10.7. The molecular weight excluding hydrogens is 402 g/mol. The van der Waals surface area contributed by atoms with Crippen molar-refractivity contribution in [2.24, 2.45) is 11.8 Å². The largest absolute Gasteiger partial charge is 0.381 e. The lowest BCUT2D eigenvalue weighted by Gasteiger charge is -2.22. The van der Waals surface area contributed by atoms with Gasteiger partial charge in [-0.2, -0.15) is 0 Å². The van der Waals surface area contributed by atoms with Crippen LogP contribution in [-0.2, 0) is 9.53 Å². The Labute approximate surface area is 182 Å². The van der Waals surface area contributed by atoms with Gasteiger partial charge in [0.1, 0.15) is 11.6 Å². The third kappa shape index (κ3) is 5.47. The number of nitrogens with one attached hydrogen (secondary N) is 3. The molecule has 4 rings (SSSR count). The van der Waals surface area contributed by atoms with Gasteiger partial charge >= 0.3 is 0 Å². The highest BCUT2D eigenvalue weighted by molar-refractivity contribution is 6.33. The minimum absolute atomic E-state index is 0.0129. The van der Waals surface area contributed by atoms with Crippen LogP contribution in [0, 0.1) is 11.8 Å². The van der Waals surface area contributed by atoms with Crippen LogP contribution in [0.25, 0.3) is 11.3 Å². The van der Waals surface area contributed by atoms with Crippen molar-refractivity contribution in [2.45, 2.75) is 25.7 Å². The van der Waals surface area contributed by atoms with Crippen molar-refractivity contribution in [3.05, 3.63) is 35.5 Å². The molecule has 0 bridgehead atoms. The summed E-state index contributed by atoms with van der Waals surface area (Å²) in [7, 11) is 0. The molecule has 2 aliphatic rings. The van der Waals surface area contributed by atoms with E-state index in [1.54, 1.807) is 12.3 Å². The molecule has 0 saturated carbocycles. The van der Waals surface area contributed by atoms with Gasteiger partial charge in [0.2, 0.25) is 5.91 Å². The summed E-state index contributed by atoms with van der Waals surface area (Å²) in [5, 5.41) is 10.1. The average molecular weight is 430 g/mol. The molecule has 2 aromatic rings. The van der Waals surface area contributed by atoms with Gasteiger partial charge in [-0.3, -0.25) is 4.79 Å². The van der Waals surface area contributed by atoms with Gasteiger partial charge in [-0.1, -0.05) is 17.7 Å². The Balaban J connectivity index is 1.45. The van der Waals surface area contributed by atoms with E-state index >= 15 is 0 Å². The van der Waals surface area contributed by atoms with E-state index < -0.39 is 0 Å². The monoisotopic (exact) mass is 429 g/mol. The predicted octanol–water partition coefficient (Wildman–Crippen LogP) is 3.57. The fourth-order valence-corrected chi connectivity index (χ4v) is 4.11. The van der Waals surface area contributed by atoms with Gasteiger partial charge in [0.05, 0.1) is 23.2 Å². The average Bonchev–Trinajstić information content (AvgIpc) is 2.80. The number of piperidine rings is 1. The molecule has 2 aliphatic heterocycles. The van der Waals surface area contributed by atoms with E-state index in [1.807, 2.05) is 18.2 Å². The number of nitrogens with zero attached hydrogens (tertiary/aromatic N) is 2. The lowest BCUT2D eigenvalue weighted by molar-refractivity contribution is -0.120. The number of rotatable bonds is 6. The van der Waals surface area contributed by atoms with Crippen molar-refractivity contribution in [1.82, 2.24) is 15.3 Å². The molecule has 0 unspecified atom stereocenters. The van der Waals surface area contributed by atoms with Gasteiger partial charge in [-0.05, 0) is 56.3 Å². The highest BCUT2D eigenvalue weighted by Crippen LogP contribution is 2.29. The number of hydrogen-bond acceptors (Lipinski definition) is 6. The molecule has 2 fully saturated rings. The quantitative estimate of drug-likeness (QED) is 0.650. The van der Waals surface area contributed by atoms with Gasteiger partial charge in [-0.15, -0.1) is 0 Å². The smallest absolute Gasteiger partial charge is 0.229 e. The summed E-state index contributed by atoms with van der Waals surface area (Å²) in [6.07, 6.45) is 5.74. The second-order valence-electron chi connectivity index (χ2n) is 7.95.